The van der Waals surface area contributed by atoms with Crippen LogP contribution in [0.4, 0.5) is 0 Å². The van der Waals surface area contributed by atoms with E-state index >= 15 is 0 Å². The first-order valence-electron chi connectivity index (χ1n) is 8.01. The van der Waals surface area contributed by atoms with E-state index in [9.17, 15) is 9.59 Å². The highest BCUT2D eigenvalue weighted by Crippen LogP contribution is 2.29. The number of fused-ring (bicyclic) bond motifs is 2. The van der Waals surface area contributed by atoms with Gasteiger partial charge in [-0.2, -0.15) is 0 Å². The molecule has 3 aromatic rings. The largest absolute Gasteiger partial charge is 0.269 e. The normalized spacial score (nSPS) is 13.6. The molecule has 4 nitrogen and oxygen atoms in total. The second-order valence-corrected chi connectivity index (χ2v) is 7.07. The van der Waals surface area contributed by atoms with Crippen LogP contribution >= 0.6 is 11.8 Å². The van der Waals surface area contributed by atoms with Gasteiger partial charge in [-0.05, 0) is 43.2 Å². The SMILES string of the molecule is Cc1cc(SCN2C(=O)c3ccccc3C2=O)nc2c(C)cccc12. The Morgan fingerprint density at radius 2 is 1.60 bits per heavy atom. The minimum atomic E-state index is -0.234. The molecule has 2 aromatic carbocycles. The molecule has 0 saturated carbocycles. The lowest BCUT2D eigenvalue weighted by Crippen LogP contribution is -2.29. The van der Waals surface area contributed by atoms with Crippen LogP contribution in [0.15, 0.2) is 53.6 Å². The number of amides is 2. The summed E-state index contributed by atoms with van der Waals surface area (Å²) < 4.78 is 0. The molecule has 124 valence electrons. The van der Waals surface area contributed by atoms with Gasteiger partial charge in [0.15, 0.2) is 0 Å². The Hall–Kier alpha value is -2.66. The van der Waals surface area contributed by atoms with Crippen molar-refractivity contribution in [1.82, 2.24) is 9.88 Å². The van der Waals surface area contributed by atoms with Gasteiger partial charge in [-0.15, -0.1) is 0 Å². The molecule has 0 spiro atoms. The standard InChI is InChI=1S/C20H16N2O2S/c1-12-6-5-9-14-13(2)10-17(21-18(12)14)25-11-22-19(23)15-7-3-4-8-16(15)20(22)24/h3-10H,11H2,1-2H3. The van der Waals surface area contributed by atoms with Gasteiger partial charge in [0.05, 0.1) is 27.5 Å². The fraction of sp³-hybridized carbons (Fsp3) is 0.150. The van der Waals surface area contributed by atoms with Crippen LogP contribution in [0.2, 0.25) is 0 Å². The number of pyridine rings is 1. The maximum Gasteiger partial charge on any atom is 0.262 e. The number of para-hydroxylation sites is 1. The number of rotatable bonds is 3. The van der Waals surface area contributed by atoms with Gasteiger partial charge in [-0.25, -0.2) is 4.98 Å². The van der Waals surface area contributed by atoms with Crippen molar-refractivity contribution in [3.05, 3.63) is 70.8 Å². The molecule has 0 unspecified atom stereocenters. The maximum absolute atomic E-state index is 12.4. The third-order valence-electron chi connectivity index (χ3n) is 4.44. The topological polar surface area (TPSA) is 50.3 Å². The van der Waals surface area contributed by atoms with Crippen LogP contribution in [-0.2, 0) is 0 Å². The van der Waals surface area contributed by atoms with Gasteiger partial charge in [-0.1, -0.05) is 42.1 Å². The van der Waals surface area contributed by atoms with Gasteiger partial charge in [-0.3, -0.25) is 14.5 Å². The van der Waals surface area contributed by atoms with Crippen LogP contribution in [0.25, 0.3) is 10.9 Å². The summed E-state index contributed by atoms with van der Waals surface area (Å²) in [6, 6.07) is 15.1. The number of imide groups is 1. The summed E-state index contributed by atoms with van der Waals surface area (Å²) >= 11 is 1.41. The zero-order valence-corrected chi connectivity index (χ0v) is 14.8. The molecular formula is C20H16N2O2S. The van der Waals surface area contributed by atoms with Crippen molar-refractivity contribution in [2.24, 2.45) is 0 Å². The van der Waals surface area contributed by atoms with Crippen molar-refractivity contribution >= 4 is 34.5 Å². The fourth-order valence-corrected chi connectivity index (χ4v) is 4.00. The highest BCUT2D eigenvalue weighted by atomic mass is 32.2. The molecule has 1 aliphatic heterocycles. The number of hydrogen-bond donors (Lipinski definition) is 0. The zero-order chi connectivity index (χ0) is 17.6. The molecule has 0 atom stereocenters. The molecule has 5 heteroatoms. The Balaban J connectivity index is 1.61. The summed E-state index contributed by atoms with van der Waals surface area (Å²) in [5.41, 5.74) is 4.17. The summed E-state index contributed by atoms with van der Waals surface area (Å²) in [7, 11) is 0. The van der Waals surface area contributed by atoms with Crippen LogP contribution in [-0.4, -0.2) is 27.6 Å². The molecule has 2 heterocycles. The van der Waals surface area contributed by atoms with Crippen molar-refractivity contribution in [3.8, 4) is 0 Å². The third kappa shape index (κ3) is 2.61. The smallest absolute Gasteiger partial charge is 0.262 e. The number of benzene rings is 2. The molecule has 0 radical (unpaired) electrons. The van der Waals surface area contributed by atoms with Crippen LogP contribution < -0.4 is 0 Å². The van der Waals surface area contributed by atoms with Crippen LogP contribution in [0.1, 0.15) is 31.8 Å². The minimum Gasteiger partial charge on any atom is -0.269 e. The maximum atomic E-state index is 12.4. The fourth-order valence-electron chi connectivity index (χ4n) is 3.09. The summed E-state index contributed by atoms with van der Waals surface area (Å²) in [5.74, 6) is -0.209. The van der Waals surface area contributed by atoms with Gasteiger partial charge in [0, 0.05) is 5.39 Å². The van der Waals surface area contributed by atoms with E-state index in [1.54, 1.807) is 24.3 Å². The number of carbonyl (C=O) groups excluding carboxylic acids is 2. The molecule has 2 amide bonds. The molecule has 0 fully saturated rings. The Morgan fingerprint density at radius 1 is 0.920 bits per heavy atom. The average molecular weight is 348 g/mol. The molecule has 1 aliphatic rings. The van der Waals surface area contributed by atoms with Crippen LogP contribution in [0, 0.1) is 13.8 Å². The first-order chi connectivity index (χ1) is 12.1. The van der Waals surface area contributed by atoms with E-state index < -0.39 is 0 Å². The number of nitrogens with zero attached hydrogens (tertiary/aromatic N) is 2. The van der Waals surface area contributed by atoms with Crippen LogP contribution in [0.3, 0.4) is 0 Å². The third-order valence-corrected chi connectivity index (χ3v) is 5.34. The van der Waals surface area contributed by atoms with E-state index in [2.05, 4.69) is 13.0 Å². The number of carbonyl (C=O) groups is 2. The Bertz CT molecular complexity index is 994. The lowest BCUT2D eigenvalue weighted by molar-refractivity contribution is 0.0684. The number of aromatic nitrogens is 1. The summed E-state index contributed by atoms with van der Waals surface area (Å²) in [5, 5.41) is 1.95. The zero-order valence-electron chi connectivity index (χ0n) is 13.9. The second kappa shape index (κ2) is 6.01. The van der Waals surface area contributed by atoms with Crippen molar-refractivity contribution in [1.29, 1.82) is 0 Å². The highest BCUT2D eigenvalue weighted by Gasteiger charge is 2.34. The lowest BCUT2D eigenvalue weighted by atomic mass is 10.1. The van der Waals surface area contributed by atoms with Gasteiger partial charge in [0.25, 0.3) is 11.8 Å². The summed E-state index contributed by atoms with van der Waals surface area (Å²) in [6.45, 7) is 4.09. The monoisotopic (exact) mass is 348 g/mol. The van der Waals surface area contributed by atoms with E-state index in [0.29, 0.717) is 11.1 Å². The van der Waals surface area contributed by atoms with Crippen molar-refractivity contribution in [2.75, 3.05) is 5.88 Å². The minimum absolute atomic E-state index is 0.234. The van der Waals surface area contributed by atoms with E-state index in [1.807, 2.05) is 25.1 Å². The van der Waals surface area contributed by atoms with Crippen molar-refractivity contribution in [3.63, 3.8) is 0 Å². The van der Waals surface area contributed by atoms with Gasteiger partial charge >= 0.3 is 0 Å². The Morgan fingerprint density at radius 3 is 2.28 bits per heavy atom. The summed E-state index contributed by atoms with van der Waals surface area (Å²) in [6.07, 6.45) is 0. The first-order valence-corrected chi connectivity index (χ1v) is 9.00. The highest BCUT2D eigenvalue weighted by molar-refractivity contribution is 7.99. The Labute approximate surface area is 149 Å². The molecule has 0 bridgehead atoms. The molecule has 0 saturated heterocycles. The molecule has 4 rings (SSSR count). The lowest BCUT2D eigenvalue weighted by Gasteiger charge is -2.14. The Kier molecular flexibility index (Phi) is 3.81. The van der Waals surface area contributed by atoms with E-state index in [0.717, 1.165) is 27.1 Å². The molecule has 0 aliphatic carbocycles. The van der Waals surface area contributed by atoms with Gasteiger partial charge in [0.2, 0.25) is 0 Å². The summed E-state index contributed by atoms with van der Waals surface area (Å²) in [4.78, 5) is 30.9. The van der Waals surface area contributed by atoms with Crippen molar-refractivity contribution in [2.45, 2.75) is 18.9 Å². The molecule has 0 N–H and O–H groups in total. The number of hydrogen-bond acceptors (Lipinski definition) is 4. The second-order valence-electron chi connectivity index (χ2n) is 6.11. The number of aryl methyl sites for hydroxylation is 2. The molecule has 25 heavy (non-hydrogen) atoms. The van der Waals surface area contributed by atoms with Gasteiger partial charge in [0.1, 0.15) is 0 Å². The van der Waals surface area contributed by atoms with E-state index in [-0.39, 0.29) is 17.7 Å². The number of thioether (sulfide) groups is 1. The van der Waals surface area contributed by atoms with Crippen molar-refractivity contribution < 1.29 is 9.59 Å². The first kappa shape index (κ1) is 15.8. The predicted molar refractivity (Wildman–Crippen MR) is 98.9 cm³/mol. The quantitative estimate of drug-likeness (QED) is 0.526. The molecular weight excluding hydrogens is 332 g/mol. The van der Waals surface area contributed by atoms with Crippen LogP contribution in [0.5, 0.6) is 0 Å². The molecule has 1 aromatic heterocycles. The van der Waals surface area contributed by atoms with Gasteiger partial charge < -0.3 is 0 Å². The predicted octanol–water partition coefficient (Wildman–Crippen LogP) is 4.20. The van der Waals surface area contributed by atoms with E-state index in [1.165, 1.54) is 16.7 Å². The average Bonchev–Trinajstić information content (AvgIpc) is 2.85. The van der Waals surface area contributed by atoms with E-state index in [4.69, 9.17) is 4.98 Å².